The molecule has 12 N–H and O–H groups in total. The number of aliphatic hydroxyl groups is 11. The molecule has 17 atom stereocenters. The molecule has 1 amide bonds. The van der Waals surface area contributed by atoms with Gasteiger partial charge in [0.1, 0.15) is 73.2 Å². The molecule has 0 aromatic heterocycles. The minimum absolute atomic E-state index is 0.237. The van der Waals surface area contributed by atoms with Crippen molar-refractivity contribution in [1.29, 1.82) is 0 Å². The zero-order valence-corrected chi connectivity index (χ0v) is 74.6. The van der Waals surface area contributed by atoms with Gasteiger partial charge in [0.05, 0.1) is 38.6 Å². The predicted octanol–water partition coefficient (Wildman–Crippen LogP) is 19.7. The summed E-state index contributed by atoms with van der Waals surface area (Å²) in [6.45, 7) is 1.67. The van der Waals surface area contributed by atoms with Gasteiger partial charge in [-0.3, -0.25) is 4.79 Å². The molecule has 19 heteroatoms. The molecule has 0 radical (unpaired) electrons. The maximum Gasteiger partial charge on any atom is 0.220 e. The summed E-state index contributed by atoms with van der Waals surface area (Å²) in [7, 11) is 0. The van der Waals surface area contributed by atoms with Gasteiger partial charge in [0.25, 0.3) is 0 Å². The fourth-order valence-corrected chi connectivity index (χ4v) is 15.7. The standard InChI is InChI=1S/C100H175NO18/c1-3-5-7-9-11-13-15-17-19-21-23-25-27-29-31-33-35-37-38-39-40-41-42-43-44-46-48-50-52-54-56-58-60-62-64-66-68-70-72-74-76-78-88(106)101-83(84(105)77-75-73-71-69-67-65-63-61-59-57-55-53-51-49-47-45-36-34-32-30-28-26-24-22-20-18-16-14-12-10-8-6-4-2)82-114-98-94(112)91(109)96(86(80-103)116-98)119-100-95(113)92(110)97(87(81-104)117-100)118-99-93(111)90(108)89(107)85(79-102)115-99/h5,7,11,13,17,19,23,25,29,31,35,37,39-40,42-43,46,48,75,77,83-87,89-100,102-105,107-113H,3-4,6,8-10,12,14-16,18,20-22,24,26-28,30,32-34,36,38,41,44-45,47,49-74,76,78-82H2,1-2H3,(H,101,106)/b7-5-,13-11-,19-17-,25-23-,31-29-,37-35-,40-39-,43-42-,48-46-,77-75+. The normalized spacial score (nSPS) is 24.7. The smallest absolute Gasteiger partial charge is 0.220 e. The monoisotopic (exact) mass is 1680 g/mol. The highest BCUT2D eigenvalue weighted by molar-refractivity contribution is 5.76. The number of nitrogens with one attached hydrogen (secondary N) is 1. The third kappa shape index (κ3) is 55.3. The number of hydrogen-bond acceptors (Lipinski definition) is 18. The van der Waals surface area contributed by atoms with Gasteiger partial charge in [-0.25, -0.2) is 0 Å². The molecule has 688 valence electrons. The van der Waals surface area contributed by atoms with Crippen molar-refractivity contribution in [2.24, 2.45) is 0 Å². The van der Waals surface area contributed by atoms with Crippen molar-refractivity contribution < 1.29 is 89.4 Å². The lowest BCUT2D eigenvalue weighted by atomic mass is 9.96. The summed E-state index contributed by atoms with van der Waals surface area (Å²) in [4.78, 5) is 13.6. The lowest BCUT2D eigenvalue weighted by molar-refractivity contribution is -0.379. The Morgan fingerprint density at radius 2 is 0.580 bits per heavy atom. The van der Waals surface area contributed by atoms with Gasteiger partial charge in [-0.05, 0) is 89.9 Å². The zero-order valence-electron chi connectivity index (χ0n) is 74.6. The zero-order chi connectivity index (χ0) is 85.9. The third-order valence-electron chi connectivity index (χ3n) is 23.3. The molecule has 3 rings (SSSR count). The van der Waals surface area contributed by atoms with E-state index in [0.717, 1.165) is 116 Å². The van der Waals surface area contributed by atoms with Crippen LogP contribution >= 0.6 is 0 Å². The predicted molar refractivity (Wildman–Crippen MR) is 484 cm³/mol. The van der Waals surface area contributed by atoms with E-state index in [1.807, 2.05) is 6.08 Å². The Morgan fingerprint density at radius 1 is 0.311 bits per heavy atom. The van der Waals surface area contributed by atoms with E-state index in [0.29, 0.717) is 6.42 Å². The van der Waals surface area contributed by atoms with E-state index in [9.17, 15) is 61.0 Å². The summed E-state index contributed by atoms with van der Waals surface area (Å²) < 4.78 is 34.6. The van der Waals surface area contributed by atoms with Crippen molar-refractivity contribution >= 4 is 5.91 Å². The van der Waals surface area contributed by atoms with Crippen LogP contribution in [0, 0.1) is 0 Å². The molecular formula is C100H175NO18. The van der Waals surface area contributed by atoms with Gasteiger partial charge in [-0.1, -0.05) is 399 Å². The molecule has 3 heterocycles. The molecule has 119 heavy (non-hydrogen) atoms. The molecule has 0 spiro atoms. The number of unbranched alkanes of at least 4 members (excludes halogenated alkanes) is 44. The van der Waals surface area contributed by atoms with E-state index >= 15 is 0 Å². The number of ether oxygens (including phenoxy) is 6. The van der Waals surface area contributed by atoms with Crippen molar-refractivity contribution in [2.45, 2.75) is 478 Å². The average Bonchev–Trinajstić information content (AvgIpc) is 0.778. The number of amides is 1. The Labute approximate surface area is 722 Å². The van der Waals surface area contributed by atoms with Crippen LogP contribution < -0.4 is 5.32 Å². The van der Waals surface area contributed by atoms with Crippen LogP contribution in [0.4, 0.5) is 0 Å². The van der Waals surface area contributed by atoms with Crippen molar-refractivity contribution in [1.82, 2.24) is 5.32 Å². The van der Waals surface area contributed by atoms with Crippen LogP contribution in [-0.2, 0) is 33.2 Å². The summed E-state index contributed by atoms with van der Waals surface area (Å²) in [5.74, 6) is -0.276. The van der Waals surface area contributed by atoms with Crippen LogP contribution in [0.3, 0.4) is 0 Å². The largest absolute Gasteiger partial charge is 0.394 e. The summed E-state index contributed by atoms with van der Waals surface area (Å²) in [5, 5.41) is 121. The number of allylic oxidation sites excluding steroid dienone is 19. The van der Waals surface area contributed by atoms with E-state index < -0.39 is 124 Å². The fourth-order valence-electron chi connectivity index (χ4n) is 15.7. The number of carbonyl (C=O) groups excluding carboxylic acids is 1. The van der Waals surface area contributed by atoms with Crippen LogP contribution in [-0.4, -0.2) is 193 Å². The first kappa shape index (κ1) is 109. The molecule has 0 saturated carbocycles. The van der Waals surface area contributed by atoms with E-state index in [2.05, 4.69) is 129 Å². The van der Waals surface area contributed by atoms with E-state index in [1.54, 1.807) is 6.08 Å². The second kappa shape index (κ2) is 77.7. The van der Waals surface area contributed by atoms with Crippen LogP contribution in [0.1, 0.15) is 373 Å². The molecule has 3 aliphatic rings. The summed E-state index contributed by atoms with van der Waals surface area (Å²) in [6, 6.07) is -0.983. The van der Waals surface area contributed by atoms with Crippen LogP contribution in [0.15, 0.2) is 122 Å². The number of aliphatic hydroxyl groups excluding tert-OH is 11. The minimum Gasteiger partial charge on any atom is -0.394 e. The van der Waals surface area contributed by atoms with Gasteiger partial charge < -0.3 is 89.9 Å². The highest BCUT2D eigenvalue weighted by Crippen LogP contribution is 2.34. The molecule has 19 nitrogen and oxygen atoms in total. The first-order chi connectivity index (χ1) is 58.3. The Balaban J connectivity index is 1.31. The highest BCUT2D eigenvalue weighted by atomic mass is 16.8. The maximum absolute atomic E-state index is 13.6. The molecule has 17 unspecified atom stereocenters. The topological polar surface area (TPSA) is 307 Å². The van der Waals surface area contributed by atoms with E-state index in [-0.39, 0.29) is 18.9 Å². The van der Waals surface area contributed by atoms with Gasteiger partial charge >= 0.3 is 0 Å². The molecule has 0 aromatic rings. The minimum atomic E-state index is -1.98. The van der Waals surface area contributed by atoms with Crippen molar-refractivity contribution in [3.63, 3.8) is 0 Å². The number of carbonyl (C=O) groups is 1. The summed E-state index contributed by atoms with van der Waals surface area (Å²) >= 11 is 0. The van der Waals surface area contributed by atoms with Crippen molar-refractivity contribution in [3.8, 4) is 0 Å². The molecular weight excluding hydrogens is 1500 g/mol. The summed E-state index contributed by atoms with van der Waals surface area (Å²) in [5.41, 5.74) is 0. The van der Waals surface area contributed by atoms with Gasteiger partial charge in [0.15, 0.2) is 18.9 Å². The molecule has 3 fully saturated rings. The Bertz CT molecular complexity index is 2620. The van der Waals surface area contributed by atoms with Gasteiger partial charge in [-0.15, -0.1) is 0 Å². The Kier molecular flexibility index (Phi) is 71.4. The molecule has 3 saturated heterocycles. The maximum atomic E-state index is 13.6. The molecule has 0 aromatic carbocycles. The van der Waals surface area contributed by atoms with Gasteiger partial charge in [-0.2, -0.15) is 0 Å². The van der Waals surface area contributed by atoms with E-state index in [1.165, 1.54) is 231 Å². The fraction of sp³-hybridized carbons (Fsp3) is 0.790. The lowest BCUT2D eigenvalue weighted by Crippen LogP contribution is -2.66. The Morgan fingerprint density at radius 3 is 0.908 bits per heavy atom. The van der Waals surface area contributed by atoms with E-state index in [4.69, 9.17) is 28.4 Å². The van der Waals surface area contributed by atoms with Crippen LogP contribution in [0.5, 0.6) is 0 Å². The SMILES string of the molecule is CC/C=C\C/C=C\C/C=C\C/C=C\C/C=C\C/C=C\C/C=C\C/C=C\C/C=C\CCCCCCCCCCCCCCCC(=O)NC(COC1OC(CO)C(OC2OC(CO)C(OC3OC(CO)C(O)C(O)C3O)C(O)C2O)C(O)C1O)C(O)/C=C/CCCCCCCCCCCCCCCCCCCCCCCCCCCCCCCCC. The second-order valence-electron chi connectivity index (χ2n) is 33.8. The van der Waals surface area contributed by atoms with Gasteiger partial charge in [0, 0.05) is 6.42 Å². The Hall–Kier alpha value is -3.81. The first-order valence-corrected chi connectivity index (χ1v) is 48.3. The first-order valence-electron chi connectivity index (χ1n) is 48.3. The van der Waals surface area contributed by atoms with Crippen LogP contribution in [0.25, 0.3) is 0 Å². The second-order valence-corrected chi connectivity index (χ2v) is 33.8. The molecule has 3 aliphatic heterocycles. The van der Waals surface area contributed by atoms with Crippen LogP contribution in [0.2, 0.25) is 0 Å². The number of rotatable bonds is 78. The quantitative estimate of drug-likeness (QED) is 0.0199. The van der Waals surface area contributed by atoms with Gasteiger partial charge in [0.2, 0.25) is 5.91 Å². The molecule has 0 bridgehead atoms. The average molecular weight is 1680 g/mol. The lowest BCUT2D eigenvalue weighted by Gasteiger charge is -2.48. The van der Waals surface area contributed by atoms with Crippen molar-refractivity contribution in [3.05, 3.63) is 122 Å². The highest BCUT2D eigenvalue weighted by Gasteiger charge is 2.54. The number of hydrogen-bond donors (Lipinski definition) is 12. The molecule has 0 aliphatic carbocycles. The summed E-state index contributed by atoms with van der Waals surface area (Å²) in [6.07, 6.45) is 85.0. The van der Waals surface area contributed by atoms with Crippen molar-refractivity contribution in [2.75, 3.05) is 26.4 Å². The third-order valence-corrected chi connectivity index (χ3v) is 23.3.